The van der Waals surface area contributed by atoms with Crippen molar-refractivity contribution in [3.63, 3.8) is 0 Å². The third kappa shape index (κ3) is 2.99. The van der Waals surface area contributed by atoms with Crippen molar-refractivity contribution in [2.24, 2.45) is 4.99 Å². The van der Waals surface area contributed by atoms with Gasteiger partial charge in [-0.1, -0.05) is 25.7 Å². The second-order valence-electron chi connectivity index (χ2n) is 4.70. The summed E-state index contributed by atoms with van der Waals surface area (Å²) < 4.78 is 0. The molecule has 14 heavy (non-hydrogen) atoms. The summed E-state index contributed by atoms with van der Waals surface area (Å²) in [6, 6.07) is 0.609. The van der Waals surface area contributed by atoms with Gasteiger partial charge in [0, 0.05) is 0 Å². The topological polar surface area (TPSA) is 12.4 Å². The van der Waals surface area contributed by atoms with E-state index in [2.05, 4.69) is 10.9 Å². The Bertz CT molecular complexity index is 222. The van der Waals surface area contributed by atoms with Gasteiger partial charge in [-0.25, -0.2) is 4.99 Å². The summed E-state index contributed by atoms with van der Waals surface area (Å²) in [6.07, 6.45) is 13.4. The third-order valence-electron chi connectivity index (χ3n) is 3.44. The fourth-order valence-corrected chi connectivity index (χ4v) is 2.48. The van der Waals surface area contributed by atoms with Crippen LogP contribution in [0.5, 0.6) is 0 Å². The maximum Gasteiger partial charge on any atom is 0.0593 e. The molecule has 2 aliphatic carbocycles. The summed E-state index contributed by atoms with van der Waals surface area (Å²) in [5, 5.41) is 0. The van der Waals surface area contributed by atoms with Crippen molar-refractivity contribution in [3.05, 3.63) is 5.57 Å². The molecule has 0 spiro atoms. The quantitative estimate of drug-likeness (QED) is 0.558. The molecule has 2 aliphatic rings. The minimum absolute atomic E-state index is 0.609. The molecule has 0 aromatic heterocycles. The highest BCUT2D eigenvalue weighted by Crippen LogP contribution is 2.22. The smallest absolute Gasteiger partial charge is 0.0593 e. The first-order chi connectivity index (χ1) is 6.95. The SMILES string of the molecule is C(=NC1CCCCC1)=C1CCCCC1. The zero-order chi connectivity index (χ0) is 9.64. The Hall–Kier alpha value is -0.550. The van der Waals surface area contributed by atoms with E-state index in [9.17, 15) is 0 Å². The molecule has 0 atom stereocenters. The molecule has 1 heteroatoms. The Morgan fingerprint density at radius 2 is 1.50 bits per heavy atom. The molecule has 78 valence electrons. The van der Waals surface area contributed by atoms with E-state index >= 15 is 0 Å². The van der Waals surface area contributed by atoms with E-state index in [1.807, 2.05) is 0 Å². The Balaban J connectivity index is 1.89. The van der Waals surface area contributed by atoms with Gasteiger partial charge in [-0.05, 0) is 50.0 Å². The van der Waals surface area contributed by atoms with E-state index in [-0.39, 0.29) is 0 Å². The highest BCUT2D eigenvalue weighted by molar-refractivity contribution is 5.58. The van der Waals surface area contributed by atoms with Gasteiger partial charge < -0.3 is 0 Å². The second-order valence-corrected chi connectivity index (χ2v) is 4.70. The first-order valence-electron chi connectivity index (χ1n) is 6.26. The van der Waals surface area contributed by atoms with Crippen LogP contribution in [0.15, 0.2) is 10.6 Å². The summed E-state index contributed by atoms with van der Waals surface area (Å²) in [5.74, 6) is 3.33. The molecule has 0 aliphatic heterocycles. The van der Waals surface area contributed by atoms with E-state index in [4.69, 9.17) is 0 Å². The lowest BCUT2D eigenvalue weighted by Crippen LogP contribution is -2.09. The van der Waals surface area contributed by atoms with Crippen LogP contribution in [0.25, 0.3) is 0 Å². The number of nitrogens with zero attached hydrogens (tertiary/aromatic N) is 1. The van der Waals surface area contributed by atoms with E-state index < -0.39 is 0 Å². The van der Waals surface area contributed by atoms with Gasteiger partial charge in [0.15, 0.2) is 0 Å². The van der Waals surface area contributed by atoms with Crippen molar-refractivity contribution in [2.75, 3.05) is 0 Å². The Morgan fingerprint density at radius 3 is 2.21 bits per heavy atom. The zero-order valence-electron chi connectivity index (χ0n) is 9.10. The zero-order valence-corrected chi connectivity index (χ0v) is 9.10. The molecule has 0 unspecified atom stereocenters. The minimum atomic E-state index is 0.609. The second kappa shape index (κ2) is 5.36. The molecule has 2 saturated carbocycles. The summed E-state index contributed by atoms with van der Waals surface area (Å²) in [6.45, 7) is 0. The molecule has 0 bridgehead atoms. The average Bonchev–Trinajstić information content (AvgIpc) is 2.29. The maximum atomic E-state index is 4.62. The molecule has 2 fully saturated rings. The highest BCUT2D eigenvalue weighted by Gasteiger charge is 2.11. The summed E-state index contributed by atoms with van der Waals surface area (Å²) >= 11 is 0. The molecule has 1 nitrogen and oxygen atoms in total. The number of hydrogen-bond donors (Lipinski definition) is 0. The lowest BCUT2D eigenvalue weighted by atomic mass is 9.95. The van der Waals surface area contributed by atoms with Crippen LogP contribution in [-0.2, 0) is 0 Å². The molecular weight excluding hydrogens is 170 g/mol. The van der Waals surface area contributed by atoms with Crippen molar-refractivity contribution in [2.45, 2.75) is 70.3 Å². The molecule has 0 N–H and O–H groups in total. The monoisotopic (exact) mass is 191 g/mol. The fourth-order valence-electron chi connectivity index (χ4n) is 2.48. The highest BCUT2D eigenvalue weighted by atomic mass is 14.8. The van der Waals surface area contributed by atoms with Crippen molar-refractivity contribution in [1.82, 2.24) is 0 Å². The molecule has 2 rings (SSSR count). The summed E-state index contributed by atoms with van der Waals surface area (Å²) in [5.41, 5.74) is 1.49. The van der Waals surface area contributed by atoms with Crippen LogP contribution in [0.4, 0.5) is 0 Å². The number of allylic oxidation sites excluding steroid dienone is 1. The third-order valence-corrected chi connectivity index (χ3v) is 3.44. The van der Waals surface area contributed by atoms with Crippen LogP contribution in [-0.4, -0.2) is 11.9 Å². The van der Waals surface area contributed by atoms with Crippen LogP contribution in [0, 0.1) is 0 Å². The molecule has 0 radical (unpaired) electrons. The summed E-state index contributed by atoms with van der Waals surface area (Å²) in [4.78, 5) is 4.62. The van der Waals surface area contributed by atoms with Crippen molar-refractivity contribution < 1.29 is 0 Å². The van der Waals surface area contributed by atoms with Crippen LogP contribution in [0.3, 0.4) is 0 Å². The largest absolute Gasteiger partial charge is 0.240 e. The van der Waals surface area contributed by atoms with Gasteiger partial charge in [-0.3, -0.25) is 0 Å². The van der Waals surface area contributed by atoms with Gasteiger partial charge in [-0.15, -0.1) is 0 Å². The van der Waals surface area contributed by atoms with Crippen molar-refractivity contribution >= 4 is 5.87 Å². The van der Waals surface area contributed by atoms with Gasteiger partial charge in [0.2, 0.25) is 0 Å². The maximum absolute atomic E-state index is 4.62. The van der Waals surface area contributed by atoms with Gasteiger partial charge in [0.1, 0.15) is 0 Å². The molecular formula is C13H21N. The number of hydrogen-bond acceptors (Lipinski definition) is 1. The lowest BCUT2D eigenvalue weighted by molar-refractivity contribution is 0.444. The fraction of sp³-hybridized carbons (Fsp3) is 0.846. The standard InChI is InChI=1S/C13H21N/c1-3-7-12(8-4-1)11-14-13-9-5-2-6-10-13/h13H,1-10H2. The molecule has 0 aromatic rings. The first kappa shape index (κ1) is 9.98. The predicted octanol–water partition coefficient (Wildman–Crippen LogP) is 3.88. The van der Waals surface area contributed by atoms with Gasteiger partial charge in [-0.2, -0.15) is 0 Å². The normalized spacial score (nSPS) is 24.4. The molecule has 0 amide bonds. The molecule has 0 aromatic carbocycles. The average molecular weight is 191 g/mol. The van der Waals surface area contributed by atoms with Gasteiger partial charge in [0.05, 0.1) is 6.04 Å². The first-order valence-corrected chi connectivity index (χ1v) is 6.26. The Morgan fingerprint density at radius 1 is 0.857 bits per heavy atom. The van der Waals surface area contributed by atoms with E-state index in [0.717, 1.165) is 0 Å². The lowest BCUT2D eigenvalue weighted by Gasteiger charge is -2.16. The predicted molar refractivity (Wildman–Crippen MR) is 60.9 cm³/mol. The number of rotatable bonds is 1. The van der Waals surface area contributed by atoms with E-state index in [0.29, 0.717) is 6.04 Å². The minimum Gasteiger partial charge on any atom is -0.240 e. The van der Waals surface area contributed by atoms with Crippen LogP contribution >= 0.6 is 0 Å². The van der Waals surface area contributed by atoms with Crippen LogP contribution in [0.2, 0.25) is 0 Å². The van der Waals surface area contributed by atoms with Gasteiger partial charge in [0.25, 0.3) is 0 Å². The van der Waals surface area contributed by atoms with E-state index in [1.54, 1.807) is 0 Å². The number of aliphatic imine (C=N–C) groups is 1. The van der Waals surface area contributed by atoms with E-state index in [1.165, 1.54) is 69.8 Å². The Kier molecular flexibility index (Phi) is 3.82. The van der Waals surface area contributed by atoms with Crippen LogP contribution < -0.4 is 0 Å². The summed E-state index contributed by atoms with van der Waals surface area (Å²) in [7, 11) is 0. The Labute approximate surface area is 87.3 Å². The van der Waals surface area contributed by atoms with Gasteiger partial charge >= 0.3 is 0 Å². The molecule has 0 heterocycles. The van der Waals surface area contributed by atoms with Crippen LogP contribution in [0.1, 0.15) is 64.2 Å². The van der Waals surface area contributed by atoms with Crippen molar-refractivity contribution in [1.29, 1.82) is 0 Å². The van der Waals surface area contributed by atoms with Crippen molar-refractivity contribution in [3.8, 4) is 0 Å². The molecule has 0 saturated heterocycles.